The lowest BCUT2D eigenvalue weighted by Gasteiger charge is -2.30. The van der Waals surface area contributed by atoms with Gasteiger partial charge in [-0.05, 0) is 38.7 Å². The van der Waals surface area contributed by atoms with Gasteiger partial charge in [-0.15, -0.1) is 0 Å². The summed E-state index contributed by atoms with van der Waals surface area (Å²) < 4.78 is 5.98. The Labute approximate surface area is 216 Å². The molecule has 2 N–H and O–H groups in total. The molecule has 1 fully saturated rings. The molecule has 0 unspecified atom stereocenters. The second-order valence-corrected chi connectivity index (χ2v) is 9.91. The summed E-state index contributed by atoms with van der Waals surface area (Å²) in [4.78, 5) is 69.7. The summed E-state index contributed by atoms with van der Waals surface area (Å²) in [6, 6.07) is 5.04. The van der Waals surface area contributed by atoms with Gasteiger partial charge in [0.05, 0.1) is 19.1 Å². The maximum Gasteiger partial charge on any atom is 0.253 e. The maximum atomic E-state index is 13.3. The molecule has 1 saturated heterocycles. The number of fused-ring (bicyclic) bond motifs is 3. The molecule has 2 aliphatic rings. The molecule has 0 spiro atoms. The Hall–Kier alpha value is -3.67. The van der Waals surface area contributed by atoms with Gasteiger partial charge in [-0.2, -0.15) is 0 Å². The predicted octanol–water partition coefficient (Wildman–Crippen LogP) is -1.24. The molecule has 1 aromatic rings. The Bertz CT molecular complexity index is 1050. The van der Waals surface area contributed by atoms with Gasteiger partial charge in [0.1, 0.15) is 18.4 Å². The highest BCUT2D eigenvalue weighted by atomic mass is 16.5. The van der Waals surface area contributed by atoms with Crippen LogP contribution in [0.2, 0.25) is 0 Å². The first-order valence-corrected chi connectivity index (χ1v) is 12.2. The van der Waals surface area contributed by atoms with E-state index in [-0.39, 0.29) is 62.6 Å². The Kier molecular flexibility index (Phi) is 9.09. The number of ether oxygens (including phenoxy) is 1. The van der Waals surface area contributed by atoms with Crippen molar-refractivity contribution in [2.45, 2.75) is 31.5 Å². The quantitative estimate of drug-likeness (QED) is 0.512. The molecule has 1 aromatic carbocycles. The van der Waals surface area contributed by atoms with Crippen LogP contribution in [0.25, 0.3) is 0 Å². The van der Waals surface area contributed by atoms with E-state index in [1.807, 2.05) is 0 Å². The monoisotopic (exact) mass is 516 g/mol. The van der Waals surface area contributed by atoms with E-state index in [1.165, 1.54) is 23.8 Å². The number of likely N-dealkylation sites (N-methyl/N-ethyl adjacent to an activating group) is 3. The summed E-state index contributed by atoms with van der Waals surface area (Å²) in [5, 5.41) is 5.56. The molecule has 2 bridgehead atoms. The highest BCUT2D eigenvalue weighted by Gasteiger charge is 2.38. The molecule has 0 aliphatic carbocycles. The predicted molar refractivity (Wildman–Crippen MR) is 135 cm³/mol. The van der Waals surface area contributed by atoms with E-state index in [2.05, 4.69) is 10.6 Å². The van der Waals surface area contributed by atoms with E-state index in [4.69, 9.17) is 4.74 Å². The fraction of sp³-hybridized carbons (Fsp3) is 0.560. The zero-order valence-electron chi connectivity index (χ0n) is 22.0. The third-order valence-electron chi connectivity index (χ3n) is 6.31. The largest absolute Gasteiger partial charge is 0.491 e. The molecule has 0 saturated carbocycles. The molecule has 12 nitrogen and oxygen atoms in total. The van der Waals surface area contributed by atoms with Crippen LogP contribution in [0.1, 0.15) is 23.7 Å². The van der Waals surface area contributed by atoms with Gasteiger partial charge in [0.2, 0.25) is 23.6 Å². The lowest BCUT2D eigenvalue weighted by Crippen LogP contribution is -2.54. The third-order valence-corrected chi connectivity index (χ3v) is 6.31. The Morgan fingerprint density at radius 2 is 1.81 bits per heavy atom. The number of benzene rings is 1. The van der Waals surface area contributed by atoms with Gasteiger partial charge >= 0.3 is 0 Å². The van der Waals surface area contributed by atoms with Gasteiger partial charge < -0.3 is 35.0 Å². The highest BCUT2D eigenvalue weighted by Crippen LogP contribution is 2.22. The van der Waals surface area contributed by atoms with Crippen LogP contribution in [-0.2, 0) is 19.2 Å². The SMILES string of the molecule is CC(=O)N[C@H]1CN(C)C(=O)c2cccc(c2)OC[C@@H]2C[C@H](NC(=O)CN(C)C)CN2C(=O)CN(C)C1=O. The second kappa shape index (κ2) is 12.0. The molecule has 0 aromatic heterocycles. The first-order valence-electron chi connectivity index (χ1n) is 12.2. The van der Waals surface area contributed by atoms with E-state index in [0.29, 0.717) is 17.7 Å². The van der Waals surface area contributed by atoms with Crippen molar-refractivity contribution in [1.29, 1.82) is 0 Å². The minimum absolute atomic E-state index is 0.0762. The summed E-state index contributed by atoms with van der Waals surface area (Å²) in [7, 11) is 6.62. The van der Waals surface area contributed by atoms with E-state index >= 15 is 0 Å². The van der Waals surface area contributed by atoms with Crippen molar-refractivity contribution < 1.29 is 28.7 Å². The molecule has 3 atom stereocenters. The van der Waals surface area contributed by atoms with E-state index in [1.54, 1.807) is 55.2 Å². The molecule has 202 valence electrons. The fourth-order valence-corrected chi connectivity index (χ4v) is 4.60. The van der Waals surface area contributed by atoms with Gasteiger partial charge in [0.25, 0.3) is 5.91 Å². The van der Waals surface area contributed by atoms with Crippen LogP contribution in [0, 0.1) is 0 Å². The summed E-state index contributed by atoms with van der Waals surface area (Å²) >= 11 is 0. The number of carbonyl (C=O) groups excluding carboxylic acids is 5. The van der Waals surface area contributed by atoms with Gasteiger partial charge in [-0.3, -0.25) is 24.0 Å². The number of amides is 5. The second-order valence-electron chi connectivity index (χ2n) is 9.91. The highest BCUT2D eigenvalue weighted by molar-refractivity contribution is 5.95. The zero-order valence-corrected chi connectivity index (χ0v) is 22.0. The van der Waals surface area contributed by atoms with Crippen molar-refractivity contribution >= 4 is 29.5 Å². The van der Waals surface area contributed by atoms with Crippen LogP contribution in [-0.4, -0.2) is 128 Å². The van der Waals surface area contributed by atoms with Crippen molar-refractivity contribution in [1.82, 2.24) is 30.2 Å². The molecule has 2 heterocycles. The van der Waals surface area contributed by atoms with Crippen LogP contribution in [0.5, 0.6) is 5.75 Å². The zero-order chi connectivity index (χ0) is 27.3. The topological polar surface area (TPSA) is 132 Å². The minimum Gasteiger partial charge on any atom is -0.491 e. The van der Waals surface area contributed by atoms with Crippen LogP contribution in [0.3, 0.4) is 0 Å². The van der Waals surface area contributed by atoms with Crippen molar-refractivity contribution in [2.24, 2.45) is 0 Å². The minimum atomic E-state index is -1.03. The summed E-state index contributed by atoms with van der Waals surface area (Å²) in [6.07, 6.45) is 0.485. The van der Waals surface area contributed by atoms with Crippen LogP contribution < -0.4 is 15.4 Å². The Morgan fingerprint density at radius 1 is 1.08 bits per heavy atom. The van der Waals surface area contributed by atoms with Gasteiger partial charge in [-0.1, -0.05) is 6.07 Å². The molecule has 2 aliphatic heterocycles. The molecule has 3 rings (SSSR count). The van der Waals surface area contributed by atoms with Crippen molar-refractivity contribution in [3.63, 3.8) is 0 Å². The van der Waals surface area contributed by atoms with Crippen molar-refractivity contribution in [3.8, 4) is 5.75 Å². The lowest BCUT2D eigenvalue weighted by atomic mass is 10.1. The summed E-state index contributed by atoms with van der Waals surface area (Å²) in [5.74, 6) is -1.24. The Morgan fingerprint density at radius 3 is 2.49 bits per heavy atom. The lowest BCUT2D eigenvalue weighted by molar-refractivity contribution is -0.142. The molecular weight excluding hydrogens is 480 g/mol. The molecular formula is C25H36N6O6. The number of hydrogen-bond acceptors (Lipinski definition) is 7. The fourth-order valence-electron chi connectivity index (χ4n) is 4.60. The number of hydrogen-bond donors (Lipinski definition) is 2. The number of nitrogens with zero attached hydrogens (tertiary/aromatic N) is 4. The first kappa shape index (κ1) is 27.9. The average molecular weight is 517 g/mol. The van der Waals surface area contributed by atoms with Gasteiger partial charge in [0, 0.05) is 45.7 Å². The number of rotatable bonds is 4. The van der Waals surface area contributed by atoms with Crippen LogP contribution in [0.15, 0.2) is 24.3 Å². The molecule has 12 heteroatoms. The number of nitrogens with one attached hydrogen (secondary N) is 2. The number of carbonyl (C=O) groups is 5. The van der Waals surface area contributed by atoms with Crippen molar-refractivity contribution in [2.75, 3.05) is 61.0 Å². The molecule has 5 amide bonds. The van der Waals surface area contributed by atoms with E-state index in [0.717, 1.165) is 0 Å². The maximum absolute atomic E-state index is 13.3. The average Bonchev–Trinajstić information content (AvgIpc) is 3.22. The van der Waals surface area contributed by atoms with E-state index in [9.17, 15) is 24.0 Å². The smallest absolute Gasteiger partial charge is 0.253 e. The normalized spacial score (nSPS) is 23.2. The third kappa shape index (κ3) is 7.42. The molecule has 37 heavy (non-hydrogen) atoms. The summed E-state index contributed by atoms with van der Waals surface area (Å²) in [5.41, 5.74) is 0.366. The molecule has 0 radical (unpaired) electrons. The van der Waals surface area contributed by atoms with Crippen molar-refractivity contribution in [3.05, 3.63) is 29.8 Å². The van der Waals surface area contributed by atoms with E-state index < -0.39 is 17.9 Å². The van der Waals surface area contributed by atoms with Crippen LogP contribution in [0.4, 0.5) is 0 Å². The van der Waals surface area contributed by atoms with Crippen LogP contribution >= 0.6 is 0 Å². The first-order chi connectivity index (χ1) is 17.4. The van der Waals surface area contributed by atoms with Gasteiger partial charge in [0.15, 0.2) is 0 Å². The summed E-state index contributed by atoms with van der Waals surface area (Å²) in [6.45, 7) is 1.65. The Balaban J connectivity index is 1.89. The van der Waals surface area contributed by atoms with Gasteiger partial charge in [-0.25, -0.2) is 0 Å². The standard InChI is InChI=1S/C25H36N6O6/c1-16(32)26-21-12-29(4)24(35)17-7-6-8-20(9-17)37-15-19-10-18(27-22(33)13-28(2)3)11-31(19)23(34)14-30(5)25(21)36/h6-9,18-19,21H,10-15H2,1-5H3,(H,26,32)(H,27,33)/t18-,19-,21-/m0/s1.